The first-order chi connectivity index (χ1) is 8.88. The molecule has 1 rings (SSSR count). The number of sulfonamides is 1. The van der Waals surface area contributed by atoms with Crippen LogP contribution in [0.3, 0.4) is 0 Å². The Morgan fingerprint density at radius 2 is 2.32 bits per heavy atom. The van der Waals surface area contributed by atoms with Gasteiger partial charge in [-0.15, -0.1) is 0 Å². The summed E-state index contributed by atoms with van der Waals surface area (Å²) in [6.07, 6.45) is 3.61. The topological polar surface area (TPSA) is 101 Å². The molecule has 0 aromatic carbocycles. The maximum absolute atomic E-state index is 11.9. The number of nitrogens with one attached hydrogen (secondary N) is 2. The van der Waals surface area contributed by atoms with Gasteiger partial charge < -0.3 is 5.73 Å². The van der Waals surface area contributed by atoms with Crippen molar-refractivity contribution in [3.8, 4) is 0 Å². The molecule has 0 aliphatic heterocycles. The van der Waals surface area contributed by atoms with Crippen LogP contribution in [-0.4, -0.2) is 35.4 Å². The third-order valence-corrected chi connectivity index (χ3v) is 5.30. The molecule has 0 saturated carbocycles. The Balaban J connectivity index is 2.44. The second kappa shape index (κ2) is 6.97. The number of H-pyrrole nitrogens is 1. The molecule has 0 fully saturated rings. The van der Waals surface area contributed by atoms with Crippen molar-refractivity contribution in [1.82, 2.24) is 14.9 Å². The molecule has 0 aliphatic carbocycles. The van der Waals surface area contributed by atoms with Gasteiger partial charge in [-0.05, 0) is 31.7 Å². The molecule has 1 aromatic rings. The van der Waals surface area contributed by atoms with E-state index in [1.165, 1.54) is 0 Å². The zero-order valence-corrected chi connectivity index (χ0v) is 12.8. The highest BCUT2D eigenvalue weighted by Gasteiger charge is 2.25. The summed E-state index contributed by atoms with van der Waals surface area (Å²) >= 11 is 4.77. The van der Waals surface area contributed by atoms with Gasteiger partial charge >= 0.3 is 0 Å². The first kappa shape index (κ1) is 16.1. The lowest BCUT2D eigenvalue weighted by Gasteiger charge is -2.15. The van der Waals surface area contributed by atoms with E-state index in [2.05, 4.69) is 14.9 Å². The minimum atomic E-state index is -3.46. The largest absolute Gasteiger partial charge is 0.392 e. The monoisotopic (exact) mass is 304 g/mol. The van der Waals surface area contributed by atoms with Crippen molar-refractivity contribution in [3.63, 3.8) is 0 Å². The van der Waals surface area contributed by atoms with Crippen LogP contribution in [0.15, 0.2) is 6.20 Å². The Morgan fingerprint density at radius 1 is 1.63 bits per heavy atom. The van der Waals surface area contributed by atoms with E-state index >= 15 is 0 Å². The van der Waals surface area contributed by atoms with Gasteiger partial charge in [-0.25, -0.2) is 13.1 Å². The molecule has 4 N–H and O–H groups in total. The van der Waals surface area contributed by atoms with Crippen molar-refractivity contribution in [2.24, 2.45) is 5.73 Å². The van der Waals surface area contributed by atoms with Crippen LogP contribution in [-0.2, 0) is 16.4 Å². The molecular formula is C11H20N4O2S2. The smallest absolute Gasteiger partial charge is 0.220 e. The number of rotatable bonds is 8. The van der Waals surface area contributed by atoms with Gasteiger partial charge in [0.15, 0.2) is 0 Å². The number of aromatic nitrogens is 2. The minimum absolute atomic E-state index is 0.0145. The third kappa shape index (κ3) is 4.55. The lowest BCUT2D eigenvalue weighted by atomic mass is 10.1. The molecular weight excluding hydrogens is 284 g/mol. The maximum Gasteiger partial charge on any atom is 0.220 e. The van der Waals surface area contributed by atoms with Gasteiger partial charge in [0.2, 0.25) is 10.0 Å². The highest BCUT2D eigenvalue weighted by molar-refractivity contribution is 7.93. The van der Waals surface area contributed by atoms with Crippen molar-refractivity contribution in [2.75, 3.05) is 6.54 Å². The number of nitrogens with two attached hydrogens (primary N) is 1. The van der Waals surface area contributed by atoms with Crippen LogP contribution in [0.1, 0.15) is 31.0 Å². The van der Waals surface area contributed by atoms with E-state index in [0.29, 0.717) is 19.4 Å². The summed E-state index contributed by atoms with van der Waals surface area (Å²) in [6, 6.07) is 0. The molecule has 1 atom stereocenters. The van der Waals surface area contributed by atoms with E-state index in [9.17, 15) is 8.42 Å². The molecule has 6 nitrogen and oxygen atoms in total. The average molecular weight is 304 g/mol. The van der Waals surface area contributed by atoms with Gasteiger partial charge in [0.1, 0.15) is 5.25 Å². The standard InChI is InChI=1S/C11H20N4O2S2/c1-3-10(11(12)18)19(16,17)14-6-4-5-9-7-13-15-8(9)2/h7,10,14H,3-6H2,1-2H3,(H2,12,18)(H,13,15). The maximum atomic E-state index is 11.9. The summed E-state index contributed by atoms with van der Waals surface area (Å²) in [7, 11) is -3.46. The summed E-state index contributed by atoms with van der Waals surface area (Å²) in [6.45, 7) is 4.05. The normalized spacial score (nSPS) is 13.4. The van der Waals surface area contributed by atoms with Crippen molar-refractivity contribution >= 4 is 27.2 Å². The second-order valence-corrected chi connectivity index (χ2v) is 6.78. The molecule has 0 bridgehead atoms. The lowest BCUT2D eigenvalue weighted by molar-refractivity contribution is 0.572. The predicted octanol–water partition coefficient (Wildman–Crippen LogP) is 0.635. The molecule has 19 heavy (non-hydrogen) atoms. The molecule has 1 unspecified atom stereocenters. The summed E-state index contributed by atoms with van der Waals surface area (Å²) in [5.41, 5.74) is 7.54. The number of hydrogen-bond acceptors (Lipinski definition) is 4. The Kier molecular flexibility index (Phi) is 5.89. The third-order valence-electron chi connectivity index (χ3n) is 2.92. The van der Waals surface area contributed by atoms with Crippen LogP contribution in [0.4, 0.5) is 0 Å². The van der Waals surface area contributed by atoms with Crippen molar-refractivity contribution < 1.29 is 8.42 Å². The van der Waals surface area contributed by atoms with Crippen molar-refractivity contribution in [3.05, 3.63) is 17.5 Å². The first-order valence-corrected chi connectivity index (χ1v) is 8.10. The SMILES string of the molecule is CCC(C(N)=S)S(=O)(=O)NCCCc1cn[nH]c1C. The van der Waals surface area contributed by atoms with E-state index < -0.39 is 15.3 Å². The Labute approximate surface area is 119 Å². The van der Waals surface area contributed by atoms with Gasteiger partial charge in [0.25, 0.3) is 0 Å². The Hall–Kier alpha value is -0.990. The minimum Gasteiger partial charge on any atom is -0.392 e. The number of nitrogens with zero attached hydrogens (tertiary/aromatic N) is 1. The molecule has 108 valence electrons. The predicted molar refractivity (Wildman–Crippen MR) is 79.4 cm³/mol. The molecule has 1 heterocycles. The van der Waals surface area contributed by atoms with Crippen LogP contribution in [0.25, 0.3) is 0 Å². The molecule has 0 aliphatic rings. The van der Waals surface area contributed by atoms with Gasteiger partial charge in [0.05, 0.1) is 11.2 Å². The summed E-state index contributed by atoms with van der Waals surface area (Å²) < 4.78 is 26.4. The van der Waals surface area contributed by atoms with E-state index in [1.54, 1.807) is 13.1 Å². The van der Waals surface area contributed by atoms with Gasteiger partial charge in [-0.1, -0.05) is 19.1 Å². The highest BCUT2D eigenvalue weighted by Crippen LogP contribution is 2.07. The number of aryl methyl sites for hydroxylation is 2. The van der Waals surface area contributed by atoms with Crippen LogP contribution in [0.2, 0.25) is 0 Å². The molecule has 0 saturated heterocycles. The fourth-order valence-corrected chi connectivity index (χ4v) is 3.72. The first-order valence-electron chi connectivity index (χ1n) is 6.15. The van der Waals surface area contributed by atoms with E-state index in [0.717, 1.165) is 17.7 Å². The second-order valence-electron chi connectivity index (χ2n) is 4.36. The molecule has 0 amide bonds. The molecule has 8 heteroatoms. The zero-order valence-electron chi connectivity index (χ0n) is 11.1. The highest BCUT2D eigenvalue weighted by atomic mass is 32.2. The Bertz CT molecular complexity index is 525. The average Bonchev–Trinajstić information content (AvgIpc) is 2.70. The fourth-order valence-electron chi connectivity index (χ4n) is 1.80. The molecule has 0 spiro atoms. The summed E-state index contributed by atoms with van der Waals surface area (Å²) in [5, 5.41) is 5.97. The molecule has 1 aromatic heterocycles. The van der Waals surface area contributed by atoms with E-state index in [4.69, 9.17) is 18.0 Å². The van der Waals surface area contributed by atoms with Crippen LogP contribution >= 0.6 is 12.2 Å². The van der Waals surface area contributed by atoms with Crippen LogP contribution in [0.5, 0.6) is 0 Å². The van der Waals surface area contributed by atoms with Crippen LogP contribution in [0, 0.1) is 6.92 Å². The van der Waals surface area contributed by atoms with Gasteiger partial charge in [0, 0.05) is 12.2 Å². The molecule has 0 radical (unpaired) electrons. The van der Waals surface area contributed by atoms with Crippen LogP contribution < -0.4 is 10.5 Å². The van der Waals surface area contributed by atoms with Gasteiger partial charge in [-0.3, -0.25) is 5.10 Å². The van der Waals surface area contributed by atoms with E-state index in [1.807, 2.05) is 6.92 Å². The zero-order chi connectivity index (χ0) is 14.5. The van der Waals surface area contributed by atoms with E-state index in [-0.39, 0.29) is 4.99 Å². The Morgan fingerprint density at radius 3 is 2.79 bits per heavy atom. The fraction of sp³-hybridized carbons (Fsp3) is 0.636. The quantitative estimate of drug-likeness (QED) is 0.483. The number of thiocarbonyl (C=S) groups is 1. The van der Waals surface area contributed by atoms with Crippen molar-refractivity contribution in [1.29, 1.82) is 0 Å². The summed E-state index contributed by atoms with van der Waals surface area (Å²) in [5.74, 6) is 0. The van der Waals surface area contributed by atoms with Crippen molar-refractivity contribution in [2.45, 2.75) is 38.4 Å². The summed E-state index contributed by atoms with van der Waals surface area (Å²) in [4.78, 5) is 0.0145. The number of hydrogen-bond donors (Lipinski definition) is 3. The number of aromatic amines is 1. The lowest BCUT2D eigenvalue weighted by Crippen LogP contribution is -2.42. The van der Waals surface area contributed by atoms with Gasteiger partial charge in [-0.2, -0.15) is 5.10 Å².